The van der Waals surface area contributed by atoms with Crippen molar-refractivity contribution in [3.63, 3.8) is 0 Å². The molecule has 1 atom stereocenters. The molecule has 1 heterocycles. The maximum atomic E-state index is 11.2. The van der Waals surface area contributed by atoms with E-state index in [-0.39, 0.29) is 5.97 Å². The van der Waals surface area contributed by atoms with Crippen LogP contribution in [0.3, 0.4) is 0 Å². The third-order valence-electron chi connectivity index (χ3n) is 5.09. The zero-order valence-corrected chi connectivity index (χ0v) is 12.8. The van der Waals surface area contributed by atoms with Gasteiger partial charge in [-0.1, -0.05) is 13.8 Å². The highest BCUT2D eigenvalue weighted by Crippen LogP contribution is 2.40. The fourth-order valence-corrected chi connectivity index (χ4v) is 3.74. The SMILES string of the molecule is COC(=O)CCC1CCN(C2CCC(C)(C)C2)CC1. The maximum absolute atomic E-state index is 11.2. The molecule has 1 aliphatic carbocycles. The maximum Gasteiger partial charge on any atom is 0.305 e. The van der Waals surface area contributed by atoms with Crippen LogP contribution in [0.2, 0.25) is 0 Å². The lowest BCUT2D eigenvalue weighted by Gasteiger charge is -2.36. The third kappa shape index (κ3) is 4.20. The monoisotopic (exact) mass is 267 g/mol. The Labute approximate surface area is 117 Å². The summed E-state index contributed by atoms with van der Waals surface area (Å²) < 4.78 is 4.72. The fourth-order valence-electron chi connectivity index (χ4n) is 3.74. The van der Waals surface area contributed by atoms with E-state index < -0.39 is 0 Å². The van der Waals surface area contributed by atoms with Crippen molar-refractivity contribution in [1.82, 2.24) is 4.90 Å². The average Bonchev–Trinajstić information content (AvgIpc) is 2.77. The van der Waals surface area contributed by atoms with Gasteiger partial charge in [-0.25, -0.2) is 0 Å². The molecule has 2 aliphatic rings. The van der Waals surface area contributed by atoms with Gasteiger partial charge < -0.3 is 9.64 Å². The number of hydrogen-bond acceptors (Lipinski definition) is 3. The number of esters is 1. The van der Waals surface area contributed by atoms with Crippen LogP contribution in [0.25, 0.3) is 0 Å². The Morgan fingerprint density at radius 3 is 2.47 bits per heavy atom. The Morgan fingerprint density at radius 2 is 1.95 bits per heavy atom. The number of likely N-dealkylation sites (tertiary alicyclic amines) is 1. The Hall–Kier alpha value is -0.570. The lowest BCUT2D eigenvalue weighted by molar-refractivity contribution is -0.141. The molecule has 0 aromatic heterocycles. The Morgan fingerprint density at radius 1 is 1.26 bits per heavy atom. The van der Waals surface area contributed by atoms with Crippen LogP contribution < -0.4 is 0 Å². The molecule has 110 valence electrons. The van der Waals surface area contributed by atoms with Crippen molar-refractivity contribution in [2.24, 2.45) is 11.3 Å². The number of methoxy groups -OCH3 is 1. The van der Waals surface area contributed by atoms with Crippen LogP contribution in [0.1, 0.15) is 58.8 Å². The summed E-state index contributed by atoms with van der Waals surface area (Å²) in [6.45, 7) is 7.26. The number of rotatable bonds is 4. The van der Waals surface area contributed by atoms with Crippen molar-refractivity contribution < 1.29 is 9.53 Å². The topological polar surface area (TPSA) is 29.5 Å². The summed E-state index contributed by atoms with van der Waals surface area (Å²) in [6.07, 6.45) is 8.23. The highest BCUT2D eigenvalue weighted by molar-refractivity contribution is 5.69. The molecular weight excluding hydrogens is 238 g/mol. The summed E-state index contributed by atoms with van der Waals surface area (Å²) in [5.74, 6) is 0.671. The van der Waals surface area contributed by atoms with Gasteiger partial charge in [-0.05, 0) is 62.9 Å². The molecular formula is C16H29NO2. The number of carbonyl (C=O) groups excluding carboxylic acids is 1. The van der Waals surface area contributed by atoms with E-state index in [9.17, 15) is 4.79 Å². The van der Waals surface area contributed by atoms with Gasteiger partial charge in [0, 0.05) is 12.5 Å². The van der Waals surface area contributed by atoms with Crippen LogP contribution in [-0.2, 0) is 9.53 Å². The molecule has 3 heteroatoms. The van der Waals surface area contributed by atoms with Crippen LogP contribution in [0.5, 0.6) is 0 Å². The first-order valence-electron chi connectivity index (χ1n) is 7.81. The third-order valence-corrected chi connectivity index (χ3v) is 5.09. The smallest absolute Gasteiger partial charge is 0.305 e. The van der Waals surface area contributed by atoms with E-state index in [1.54, 1.807) is 0 Å². The molecule has 0 aromatic rings. The number of nitrogens with zero attached hydrogens (tertiary/aromatic N) is 1. The molecule has 0 N–H and O–H groups in total. The van der Waals surface area contributed by atoms with Crippen LogP contribution in [-0.4, -0.2) is 37.1 Å². The standard InChI is InChI=1S/C16H29NO2/c1-16(2)9-6-14(12-16)17-10-7-13(8-11-17)4-5-15(18)19-3/h13-14H,4-12H2,1-3H3. The lowest BCUT2D eigenvalue weighted by atomic mass is 9.89. The van der Waals surface area contributed by atoms with Crippen molar-refractivity contribution in [3.05, 3.63) is 0 Å². The second kappa shape index (κ2) is 6.25. The number of carbonyl (C=O) groups is 1. The van der Waals surface area contributed by atoms with Gasteiger partial charge in [0.25, 0.3) is 0 Å². The van der Waals surface area contributed by atoms with Crippen LogP contribution in [0, 0.1) is 11.3 Å². The van der Waals surface area contributed by atoms with Crippen LogP contribution in [0.15, 0.2) is 0 Å². The van der Waals surface area contributed by atoms with E-state index in [1.807, 2.05) is 0 Å². The lowest BCUT2D eigenvalue weighted by Crippen LogP contribution is -2.40. The van der Waals surface area contributed by atoms with E-state index in [0.29, 0.717) is 11.8 Å². The van der Waals surface area contributed by atoms with Gasteiger partial charge in [0.2, 0.25) is 0 Å². The van der Waals surface area contributed by atoms with Gasteiger partial charge >= 0.3 is 5.97 Å². The summed E-state index contributed by atoms with van der Waals surface area (Å²) >= 11 is 0. The molecule has 3 nitrogen and oxygen atoms in total. The van der Waals surface area contributed by atoms with Gasteiger partial charge in [0.05, 0.1) is 7.11 Å². The van der Waals surface area contributed by atoms with Crippen molar-refractivity contribution in [2.45, 2.75) is 64.8 Å². The van der Waals surface area contributed by atoms with Gasteiger partial charge in [-0.3, -0.25) is 4.79 Å². The minimum absolute atomic E-state index is 0.0556. The van der Waals surface area contributed by atoms with Crippen LogP contribution >= 0.6 is 0 Å². The molecule has 1 aliphatic heterocycles. The summed E-state index contributed by atoms with van der Waals surface area (Å²) in [4.78, 5) is 13.9. The van der Waals surface area contributed by atoms with Gasteiger partial charge in [-0.2, -0.15) is 0 Å². The highest BCUT2D eigenvalue weighted by atomic mass is 16.5. The molecule has 0 radical (unpaired) electrons. The first-order chi connectivity index (χ1) is 9.00. The Kier molecular flexibility index (Phi) is 4.88. The predicted molar refractivity (Wildman–Crippen MR) is 77.0 cm³/mol. The number of hydrogen-bond donors (Lipinski definition) is 0. The molecule has 19 heavy (non-hydrogen) atoms. The molecule has 0 spiro atoms. The van der Waals surface area contributed by atoms with Crippen LogP contribution in [0.4, 0.5) is 0 Å². The van der Waals surface area contributed by atoms with Crippen molar-refractivity contribution >= 4 is 5.97 Å². The summed E-state index contributed by atoms with van der Waals surface area (Å²) in [5.41, 5.74) is 0.548. The molecule has 1 saturated carbocycles. The van der Waals surface area contributed by atoms with Gasteiger partial charge in [0.1, 0.15) is 0 Å². The minimum atomic E-state index is -0.0556. The summed E-state index contributed by atoms with van der Waals surface area (Å²) in [7, 11) is 1.48. The van der Waals surface area contributed by atoms with Gasteiger partial charge in [-0.15, -0.1) is 0 Å². The van der Waals surface area contributed by atoms with Gasteiger partial charge in [0.15, 0.2) is 0 Å². The Balaban J connectivity index is 1.69. The fraction of sp³-hybridized carbons (Fsp3) is 0.938. The van der Waals surface area contributed by atoms with E-state index in [4.69, 9.17) is 4.74 Å². The first kappa shape index (κ1) is 14.8. The van der Waals surface area contributed by atoms with Crippen molar-refractivity contribution in [3.8, 4) is 0 Å². The minimum Gasteiger partial charge on any atom is -0.469 e. The molecule has 0 amide bonds. The van der Waals surface area contributed by atoms with E-state index in [2.05, 4.69) is 18.7 Å². The van der Waals surface area contributed by atoms with E-state index >= 15 is 0 Å². The Bertz CT molecular complexity index is 306. The zero-order valence-electron chi connectivity index (χ0n) is 12.8. The van der Waals surface area contributed by atoms with Crippen molar-refractivity contribution in [1.29, 1.82) is 0 Å². The summed E-state index contributed by atoms with van der Waals surface area (Å²) in [6, 6.07) is 0.816. The van der Waals surface area contributed by atoms with E-state index in [1.165, 1.54) is 52.3 Å². The normalized spacial score (nSPS) is 28.5. The van der Waals surface area contributed by atoms with E-state index in [0.717, 1.165) is 18.4 Å². The number of piperidine rings is 1. The molecule has 1 saturated heterocycles. The molecule has 2 fully saturated rings. The first-order valence-corrected chi connectivity index (χ1v) is 7.81. The molecule has 0 bridgehead atoms. The zero-order chi connectivity index (χ0) is 13.9. The largest absolute Gasteiger partial charge is 0.469 e. The average molecular weight is 267 g/mol. The second-order valence-electron chi connectivity index (χ2n) is 7.15. The highest BCUT2D eigenvalue weighted by Gasteiger charge is 2.35. The molecule has 1 unspecified atom stereocenters. The quantitative estimate of drug-likeness (QED) is 0.732. The molecule has 2 rings (SSSR count). The number of ether oxygens (including phenoxy) is 1. The molecule has 0 aromatic carbocycles. The predicted octanol–water partition coefficient (Wildman–Crippen LogP) is 3.23. The summed E-state index contributed by atoms with van der Waals surface area (Å²) in [5, 5.41) is 0. The second-order valence-corrected chi connectivity index (χ2v) is 7.15. The van der Waals surface area contributed by atoms with Crippen molar-refractivity contribution in [2.75, 3.05) is 20.2 Å².